The Morgan fingerprint density at radius 1 is 0.844 bits per heavy atom. The number of nitrogens with two attached hydrogens (primary N) is 1. The van der Waals surface area contributed by atoms with Gasteiger partial charge < -0.3 is 15.8 Å². The molecule has 1 aromatic heterocycles. The number of aromatic nitrogens is 1. The number of hydrogen-bond acceptors (Lipinski definition) is 4. The number of fused-ring (bicyclic) bond motifs is 1. The van der Waals surface area contributed by atoms with Gasteiger partial charge in [0, 0.05) is 16.6 Å². The van der Waals surface area contributed by atoms with Gasteiger partial charge in [-0.1, -0.05) is 67.8 Å². The lowest BCUT2D eigenvalue weighted by molar-refractivity contribution is 0.209. The van der Waals surface area contributed by atoms with Crippen LogP contribution in [0.5, 0.6) is 5.75 Å². The number of pyridine rings is 1. The van der Waals surface area contributed by atoms with Crippen LogP contribution in [0.2, 0.25) is 0 Å². The van der Waals surface area contributed by atoms with E-state index in [-0.39, 0.29) is 0 Å². The summed E-state index contributed by atoms with van der Waals surface area (Å²) in [6.07, 6.45) is 6.62. The van der Waals surface area contributed by atoms with Crippen LogP contribution in [0.3, 0.4) is 0 Å². The third-order valence-electron chi connectivity index (χ3n) is 6.31. The number of nitrogen functional groups attached to an aromatic ring is 1. The van der Waals surface area contributed by atoms with Gasteiger partial charge in [0.15, 0.2) is 0 Å². The predicted molar refractivity (Wildman–Crippen MR) is 133 cm³/mol. The Bertz CT molecular complexity index is 1180. The summed E-state index contributed by atoms with van der Waals surface area (Å²) in [5, 5.41) is 4.54. The molecule has 4 heteroatoms. The molecule has 162 valence electrons. The summed E-state index contributed by atoms with van der Waals surface area (Å²) >= 11 is 0. The van der Waals surface area contributed by atoms with E-state index in [0.717, 1.165) is 45.9 Å². The molecule has 4 nitrogen and oxygen atoms in total. The fourth-order valence-corrected chi connectivity index (χ4v) is 4.52. The van der Waals surface area contributed by atoms with E-state index in [1.807, 2.05) is 72.8 Å². The molecule has 4 aromatic rings. The number of nitrogens with one attached hydrogen (secondary N) is 1. The summed E-state index contributed by atoms with van der Waals surface area (Å²) in [5.41, 5.74) is 11.8. The normalized spacial score (nSPS) is 14.4. The Labute approximate surface area is 189 Å². The van der Waals surface area contributed by atoms with Gasteiger partial charge in [0.2, 0.25) is 0 Å². The number of ether oxygens (including phenoxy) is 1. The standard InChI is InChI=1S/C28H29N3O/c29-26-27(21-11-5-2-6-12-21)31-25-14-8-7-13-24(25)28(26)30-22-15-17-23(18-16-22)32-19-20-9-3-1-4-10-20/h2,5-8,11-18,20H,1,3-4,9-10,19,29H2,(H,30,31). The monoisotopic (exact) mass is 423 g/mol. The number of rotatable bonds is 6. The molecule has 5 rings (SSSR count). The van der Waals surface area contributed by atoms with Crippen molar-refractivity contribution in [1.29, 1.82) is 0 Å². The molecule has 1 fully saturated rings. The maximum atomic E-state index is 6.64. The van der Waals surface area contributed by atoms with E-state index in [9.17, 15) is 0 Å². The summed E-state index contributed by atoms with van der Waals surface area (Å²) < 4.78 is 6.06. The Balaban J connectivity index is 1.40. The third kappa shape index (κ3) is 4.40. The smallest absolute Gasteiger partial charge is 0.119 e. The van der Waals surface area contributed by atoms with Crippen LogP contribution in [0.15, 0.2) is 78.9 Å². The highest BCUT2D eigenvalue weighted by Crippen LogP contribution is 2.38. The fourth-order valence-electron chi connectivity index (χ4n) is 4.52. The van der Waals surface area contributed by atoms with Gasteiger partial charge in [0.25, 0.3) is 0 Å². The van der Waals surface area contributed by atoms with E-state index in [4.69, 9.17) is 15.5 Å². The largest absolute Gasteiger partial charge is 0.493 e. The second-order valence-corrected chi connectivity index (χ2v) is 8.60. The molecule has 0 aliphatic heterocycles. The lowest BCUT2D eigenvalue weighted by atomic mass is 9.90. The molecule has 0 unspecified atom stereocenters. The molecule has 0 spiro atoms. The van der Waals surface area contributed by atoms with Gasteiger partial charge in [-0.3, -0.25) is 0 Å². The number of hydrogen-bond donors (Lipinski definition) is 2. The SMILES string of the molecule is Nc1c(-c2ccccc2)nc2ccccc2c1Nc1ccc(OCC2CCCCC2)cc1. The molecule has 32 heavy (non-hydrogen) atoms. The summed E-state index contributed by atoms with van der Waals surface area (Å²) in [5.74, 6) is 1.61. The van der Waals surface area contributed by atoms with Crippen molar-refractivity contribution >= 4 is 28.0 Å². The molecule has 3 aromatic carbocycles. The summed E-state index contributed by atoms with van der Waals surface area (Å²) in [7, 11) is 0. The molecule has 3 N–H and O–H groups in total. The van der Waals surface area contributed by atoms with Crippen LogP contribution >= 0.6 is 0 Å². The maximum Gasteiger partial charge on any atom is 0.119 e. The minimum Gasteiger partial charge on any atom is -0.493 e. The Kier molecular flexibility index (Phi) is 5.93. The Morgan fingerprint density at radius 3 is 2.34 bits per heavy atom. The first-order chi connectivity index (χ1) is 15.8. The first kappa shape index (κ1) is 20.4. The van der Waals surface area contributed by atoms with Crippen LogP contribution in [0.4, 0.5) is 17.1 Å². The molecule has 0 saturated heterocycles. The van der Waals surface area contributed by atoms with E-state index in [1.54, 1.807) is 0 Å². The molecule has 1 saturated carbocycles. The van der Waals surface area contributed by atoms with Gasteiger partial charge in [-0.2, -0.15) is 0 Å². The van der Waals surface area contributed by atoms with Crippen molar-refractivity contribution < 1.29 is 4.74 Å². The zero-order chi connectivity index (χ0) is 21.8. The molecule has 1 aliphatic rings. The topological polar surface area (TPSA) is 60.2 Å². The van der Waals surface area contributed by atoms with Crippen molar-refractivity contribution in [3.8, 4) is 17.0 Å². The summed E-state index contributed by atoms with van der Waals surface area (Å²) in [4.78, 5) is 4.85. The van der Waals surface area contributed by atoms with E-state index in [0.29, 0.717) is 11.6 Å². The first-order valence-corrected chi connectivity index (χ1v) is 11.5. The van der Waals surface area contributed by atoms with E-state index >= 15 is 0 Å². The van der Waals surface area contributed by atoms with Crippen LogP contribution in [-0.2, 0) is 0 Å². The fraction of sp³-hybridized carbons (Fsp3) is 0.250. The highest BCUT2D eigenvalue weighted by Gasteiger charge is 2.15. The number of para-hydroxylation sites is 1. The van der Waals surface area contributed by atoms with Gasteiger partial charge in [-0.15, -0.1) is 0 Å². The molecule has 0 bridgehead atoms. The molecule has 1 heterocycles. The molecule has 1 aliphatic carbocycles. The van der Waals surface area contributed by atoms with Crippen LogP contribution in [-0.4, -0.2) is 11.6 Å². The zero-order valence-corrected chi connectivity index (χ0v) is 18.3. The molecule has 0 atom stereocenters. The van der Waals surface area contributed by atoms with E-state index in [1.165, 1.54) is 32.1 Å². The predicted octanol–water partition coefficient (Wildman–Crippen LogP) is 7.19. The average molecular weight is 424 g/mol. The van der Waals surface area contributed by atoms with Crippen molar-refractivity contribution in [3.63, 3.8) is 0 Å². The van der Waals surface area contributed by atoms with Crippen molar-refractivity contribution in [3.05, 3.63) is 78.9 Å². The second kappa shape index (κ2) is 9.31. The van der Waals surface area contributed by atoms with Gasteiger partial charge in [0.05, 0.1) is 29.2 Å². The number of benzene rings is 3. The third-order valence-corrected chi connectivity index (χ3v) is 6.31. The maximum absolute atomic E-state index is 6.64. The van der Waals surface area contributed by atoms with Gasteiger partial charge >= 0.3 is 0 Å². The average Bonchev–Trinajstić information content (AvgIpc) is 2.86. The van der Waals surface area contributed by atoms with Crippen molar-refractivity contribution in [1.82, 2.24) is 4.98 Å². The van der Waals surface area contributed by atoms with Crippen molar-refractivity contribution in [2.75, 3.05) is 17.7 Å². The highest BCUT2D eigenvalue weighted by molar-refractivity contribution is 6.03. The van der Waals surface area contributed by atoms with Gasteiger partial charge in [-0.25, -0.2) is 4.98 Å². The summed E-state index contributed by atoms with van der Waals surface area (Å²) in [6, 6.07) is 26.3. The minimum absolute atomic E-state index is 0.646. The minimum atomic E-state index is 0.646. The molecule has 0 radical (unpaired) electrons. The number of anilines is 3. The molecule has 0 amide bonds. The van der Waals surface area contributed by atoms with Crippen LogP contribution in [0.1, 0.15) is 32.1 Å². The van der Waals surface area contributed by atoms with Crippen molar-refractivity contribution in [2.45, 2.75) is 32.1 Å². The van der Waals surface area contributed by atoms with Gasteiger partial charge in [0.1, 0.15) is 5.75 Å². The Morgan fingerprint density at radius 2 is 1.56 bits per heavy atom. The number of nitrogens with zero attached hydrogens (tertiary/aromatic N) is 1. The van der Waals surface area contributed by atoms with Crippen LogP contribution in [0, 0.1) is 5.92 Å². The zero-order valence-electron chi connectivity index (χ0n) is 18.3. The van der Waals surface area contributed by atoms with Crippen LogP contribution in [0.25, 0.3) is 22.2 Å². The van der Waals surface area contributed by atoms with Gasteiger partial charge in [-0.05, 0) is 49.1 Å². The van der Waals surface area contributed by atoms with E-state index in [2.05, 4.69) is 11.4 Å². The van der Waals surface area contributed by atoms with Crippen molar-refractivity contribution in [2.24, 2.45) is 5.92 Å². The molecular formula is C28H29N3O. The second-order valence-electron chi connectivity index (χ2n) is 8.60. The summed E-state index contributed by atoms with van der Waals surface area (Å²) in [6.45, 7) is 0.815. The Hall–Kier alpha value is -3.53. The first-order valence-electron chi connectivity index (χ1n) is 11.5. The quantitative estimate of drug-likeness (QED) is 0.345. The molecular weight excluding hydrogens is 394 g/mol. The van der Waals surface area contributed by atoms with Crippen LogP contribution < -0.4 is 15.8 Å². The highest BCUT2D eigenvalue weighted by atomic mass is 16.5. The lowest BCUT2D eigenvalue weighted by Crippen LogP contribution is -2.15. The lowest BCUT2D eigenvalue weighted by Gasteiger charge is -2.21. The van der Waals surface area contributed by atoms with E-state index < -0.39 is 0 Å².